The van der Waals surface area contributed by atoms with Crippen molar-refractivity contribution in [2.45, 2.75) is 12.1 Å². The summed E-state index contributed by atoms with van der Waals surface area (Å²) in [4.78, 5) is 0.622. The molecule has 1 nitrogen and oxygen atoms in total. The van der Waals surface area contributed by atoms with Crippen molar-refractivity contribution in [1.29, 1.82) is 0 Å². The van der Waals surface area contributed by atoms with Crippen LogP contribution in [-0.4, -0.2) is 11.2 Å². The average Bonchev–Trinajstić information content (AvgIpc) is 3.24. The number of thiocarbonyl (C=S) groups is 1. The third-order valence-electron chi connectivity index (χ3n) is 4.05. The Morgan fingerprint density at radius 1 is 1.04 bits per heavy atom. The molecule has 0 bridgehead atoms. The van der Waals surface area contributed by atoms with Crippen LogP contribution in [0.4, 0.5) is 10.1 Å². The molecule has 1 aliphatic rings. The molecule has 25 heavy (non-hydrogen) atoms. The molecule has 0 spiro atoms. The van der Waals surface area contributed by atoms with Crippen LogP contribution in [0.1, 0.15) is 11.5 Å². The van der Waals surface area contributed by atoms with Crippen molar-refractivity contribution in [2.75, 3.05) is 5.32 Å². The summed E-state index contributed by atoms with van der Waals surface area (Å²) in [5, 5.41) is 3.13. The van der Waals surface area contributed by atoms with Crippen LogP contribution in [0.25, 0.3) is 0 Å². The molecule has 1 N–H and O–H groups in total. The topological polar surface area (TPSA) is 12.0 Å². The molecule has 5 heteroatoms. The Kier molecular flexibility index (Phi) is 6.20. The molecule has 128 valence electrons. The number of alkyl halides is 1. The highest BCUT2D eigenvalue weighted by Gasteiger charge is 2.50. The first-order valence-corrected chi connectivity index (χ1v) is 9.85. The minimum atomic E-state index is -0.827. The summed E-state index contributed by atoms with van der Waals surface area (Å²) < 4.78 is 16.0. The zero-order valence-electron chi connectivity index (χ0n) is 13.2. The van der Waals surface area contributed by atoms with Crippen molar-refractivity contribution in [1.82, 2.24) is 0 Å². The van der Waals surface area contributed by atoms with E-state index >= 15 is 0 Å². The lowest BCUT2D eigenvalue weighted by Gasteiger charge is -2.02. The van der Waals surface area contributed by atoms with Gasteiger partial charge in [-0.1, -0.05) is 54.7 Å². The molecule has 1 saturated carbocycles. The third-order valence-corrected chi connectivity index (χ3v) is 6.16. The zero-order valence-corrected chi connectivity index (χ0v) is 17.2. The molecule has 2 aromatic rings. The number of hydrogen-bond donors (Lipinski definition) is 1. The lowest BCUT2D eigenvalue weighted by molar-refractivity contribution is 0.455. The maximum atomic E-state index is 14.1. The molecule has 0 radical (unpaired) electrons. The maximum absolute atomic E-state index is 14.1. The molecule has 3 atom stereocenters. The van der Waals surface area contributed by atoms with Gasteiger partial charge < -0.3 is 5.32 Å². The zero-order chi connectivity index (χ0) is 17.8. The lowest BCUT2D eigenvalue weighted by atomic mass is 10.1. The van der Waals surface area contributed by atoms with Gasteiger partial charge in [-0.3, -0.25) is 0 Å². The second-order valence-corrected chi connectivity index (χ2v) is 7.97. The highest BCUT2D eigenvalue weighted by atomic mass is 79.9. The van der Waals surface area contributed by atoms with E-state index in [0.29, 0.717) is 4.99 Å². The Labute approximate surface area is 169 Å². The summed E-state index contributed by atoms with van der Waals surface area (Å²) in [7, 11) is 0. The SMILES string of the molecule is FC1C(/C=C/C=C/C(=S)Nc2ccccc2)C1c1ccc(Br)c(Br)c1. The Hall–Kier alpha value is -1.30. The van der Waals surface area contributed by atoms with E-state index < -0.39 is 6.17 Å². The molecule has 0 heterocycles. The smallest absolute Gasteiger partial charge is 0.115 e. The molecule has 3 unspecified atom stereocenters. The number of nitrogens with one attached hydrogen (secondary N) is 1. The van der Waals surface area contributed by atoms with Crippen molar-refractivity contribution in [3.8, 4) is 0 Å². The standard InChI is InChI=1S/C20H16Br2FNS/c21-16-11-10-13(12-17(16)22)19-15(20(19)23)8-4-5-9-18(25)24-14-6-2-1-3-7-14/h1-12,15,19-20H,(H,24,25)/b8-4+,9-5+. The summed E-state index contributed by atoms with van der Waals surface area (Å²) in [5.74, 6) is -0.142. The summed E-state index contributed by atoms with van der Waals surface area (Å²) in [6, 6.07) is 15.6. The van der Waals surface area contributed by atoms with Gasteiger partial charge in [0.05, 0.1) is 0 Å². The highest BCUT2D eigenvalue weighted by Crippen LogP contribution is 2.51. The van der Waals surface area contributed by atoms with Crippen LogP contribution in [0.3, 0.4) is 0 Å². The van der Waals surface area contributed by atoms with Crippen molar-refractivity contribution < 1.29 is 4.39 Å². The van der Waals surface area contributed by atoms with Gasteiger partial charge in [-0.2, -0.15) is 0 Å². The molecule has 1 fully saturated rings. The fourth-order valence-electron chi connectivity index (χ4n) is 2.69. The number of halogens is 3. The van der Waals surface area contributed by atoms with Crippen molar-refractivity contribution in [3.63, 3.8) is 0 Å². The minimum Gasteiger partial charge on any atom is -0.347 e. The molecule has 2 aromatic carbocycles. The first kappa shape index (κ1) is 18.5. The Balaban J connectivity index is 1.54. The van der Waals surface area contributed by atoms with E-state index in [0.717, 1.165) is 20.2 Å². The van der Waals surface area contributed by atoms with Crippen LogP contribution in [0.2, 0.25) is 0 Å². The molecule has 0 amide bonds. The maximum Gasteiger partial charge on any atom is 0.115 e. The van der Waals surface area contributed by atoms with Crippen LogP contribution in [-0.2, 0) is 0 Å². The van der Waals surface area contributed by atoms with Crippen LogP contribution in [0.5, 0.6) is 0 Å². The van der Waals surface area contributed by atoms with Gasteiger partial charge in [0.15, 0.2) is 0 Å². The van der Waals surface area contributed by atoms with Gasteiger partial charge >= 0.3 is 0 Å². The Morgan fingerprint density at radius 3 is 2.52 bits per heavy atom. The van der Waals surface area contributed by atoms with E-state index in [1.165, 1.54) is 0 Å². The monoisotopic (exact) mass is 479 g/mol. The van der Waals surface area contributed by atoms with E-state index in [2.05, 4.69) is 37.2 Å². The number of para-hydroxylation sites is 1. The van der Waals surface area contributed by atoms with Crippen LogP contribution >= 0.6 is 44.1 Å². The average molecular weight is 481 g/mol. The van der Waals surface area contributed by atoms with Gasteiger partial charge in [-0.15, -0.1) is 0 Å². The molecule has 0 saturated heterocycles. The fraction of sp³-hybridized carbons (Fsp3) is 0.150. The van der Waals surface area contributed by atoms with Crippen molar-refractivity contribution in [2.24, 2.45) is 5.92 Å². The molecular formula is C20H16Br2FNS. The number of anilines is 1. The predicted molar refractivity (Wildman–Crippen MR) is 114 cm³/mol. The number of allylic oxidation sites excluding steroid dienone is 3. The number of benzene rings is 2. The Morgan fingerprint density at radius 2 is 1.80 bits per heavy atom. The summed E-state index contributed by atoms with van der Waals surface area (Å²) in [6.07, 6.45) is 6.60. The van der Waals surface area contributed by atoms with Crippen molar-refractivity contribution in [3.05, 3.63) is 87.3 Å². The molecule has 0 aromatic heterocycles. The van der Waals surface area contributed by atoms with E-state index in [1.54, 1.807) is 6.08 Å². The summed E-state index contributed by atoms with van der Waals surface area (Å²) in [6.45, 7) is 0. The molecule has 1 aliphatic carbocycles. The number of hydrogen-bond acceptors (Lipinski definition) is 1. The largest absolute Gasteiger partial charge is 0.347 e. The van der Waals surface area contributed by atoms with E-state index in [9.17, 15) is 4.39 Å². The molecular weight excluding hydrogens is 465 g/mol. The minimum absolute atomic E-state index is 0.0663. The summed E-state index contributed by atoms with van der Waals surface area (Å²) >= 11 is 12.2. The highest BCUT2D eigenvalue weighted by molar-refractivity contribution is 9.13. The Bertz CT molecular complexity index is 820. The fourth-order valence-corrected chi connectivity index (χ4v) is 3.53. The molecule has 0 aliphatic heterocycles. The van der Waals surface area contributed by atoms with Gasteiger partial charge in [0, 0.05) is 26.5 Å². The van der Waals surface area contributed by atoms with Crippen LogP contribution in [0, 0.1) is 5.92 Å². The first-order chi connectivity index (χ1) is 12.1. The van der Waals surface area contributed by atoms with E-state index in [4.69, 9.17) is 12.2 Å². The van der Waals surface area contributed by atoms with Gasteiger partial charge in [-0.05, 0) is 67.8 Å². The van der Waals surface area contributed by atoms with Gasteiger partial charge in [0.25, 0.3) is 0 Å². The van der Waals surface area contributed by atoms with Crippen molar-refractivity contribution >= 4 is 54.8 Å². The normalized spacial score (nSPS) is 22.4. The van der Waals surface area contributed by atoms with Gasteiger partial charge in [0.1, 0.15) is 11.2 Å². The second-order valence-electron chi connectivity index (χ2n) is 5.82. The van der Waals surface area contributed by atoms with Crippen LogP contribution in [0.15, 0.2) is 81.8 Å². The third kappa shape index (κ3) is 4.87. The van der Waals surface area contributed by atoms with Gasteiger partial charge in [-0.25, -0.2) is 4.39 Å². The lowest BCUT2D eigenvalue weighted by Crippen LogP contribution is -2.04. The van der Waals surface area contributed by atoms with Crippen LogP contribution < -0.4 is 5.32 Å². The van der Waals surface area contributed by atoms with E-state index in [-0.39, 0.29) is 11.8 Å². The van der Waals surface area contributed by atoms with E-state index in [1.807, 2.05) is 66.8 Å². The number of rotatable bonds is 5. The second kappa shape index (κ2) is 8.39. The first-order valence-electron chi connectivity index (χ1n) is 7.86. The molecule has 3 rings (SSSR count). The van der Waals surface area contributed by atoms with Gasteiger partial charge in [0.2, 0.25) is 0 Å². The summed E-state index contributed by atoms with van der Waals surface area (Å²) in [5.41, 5.74) is 1.97. The quantitative estimate of drug-likeness (QED) is 0.286. The predicted octanol–water partition coefficient (Wildman–Crippen LogP) is 6.82.